The Morgan fingerprint density at radius 1 is 1.35 bits per heavy atom. The Balaban J connectivity index is 1.35. The van der Waals surface area contributed by atoms with E-state index in [9.17, 15) is 0 Å². The number of rotatable bonds is 3. The minimum absolute atomic E-state index is 0.607. The van der Waals surface area contributed by atoms with Crippen molar-refractivity contribution >= 4 is 11.6 Å². The third kappa shape index (κ3) is 3.68. The second kappa shape index (κ2) is 7.63. The van der Waals surface area contributed by atoms with E-state index in [-0.39, 0.29) is 0 Å². The standard InChI is InChI=1S/C19H28N6O/c1-15-3-5-24-13-16(22-18(24)11-15)12-21-19(20-2)25-6-4-17(14-25)23-7-9-26-10-8-23/h3,5,11,13,17H,4,6-10,12,14H2,1-2H3,(H,20,21). The van der Waals surface area contributed by atoms with Gasteiger partial charge in [-0.25, -0.2) is 4.98 Å². The van der Waals surface area contributed by atoms with Crippen molar-refractivity contribution in [3.63, 3.8) is 0 Å². The number of guanidine groups is 1. The second-order valence-corrected chi connectivity index (χ2v) is 7.14. The highest BCUT2D eigenvalue weighted by Crippen LogP contribution is 2.17. The Labute approximate surface area is 154 Å². The average Bonchev–Trinajstić information content (AvgIpc) is 3.30. The largest absolute Gasteiger partial charge is 0.379 e. The molecule has 2 aliphatic rings. The molecule has 2 aromatic heterocycles. The zero-order chi connectivity index (χ0) is 17.9. The predicted molar refractivity (Wildman–Crippen MR) is 102 cm³/mol. The maximum absolute atomic E-state index is 5.47. The molecule has 26 heavy (non-hydrogen) atoms. The Bertz CT molecular complexity index is 779. The molecule has 140 valence electrons. The van der Waals surface area contributed by atoms with E-state index in [2.05, 4.69) is 56.0 Å². The van der Waals surface area contributed by atoms with E-state index in [1.165, 1.54) is 12.0 Å². The lowest BCUT2D eigenvalue weighted by Crippen LogP contribution is -2.46. The number of aryl methyl sites for hydroxylation is 1. The maximum Gasteiger partial charge on any atom is 0.194 e. The van der Waals surface area contributed by atoms with Gasteiger partial charge in [-0.15, -0.1) is 0 Å². The number of morpholine rings is 1. The molecule has 1 unspecified atom stereocenters. The van der Waals surface area contributed by atoms with Crippen molar-refractivity contribution in [1.29, 1.82) is 0 Å². The Morgan fingerprint density at radius 2 is 2.19 bits per heavy atom. The van der Waals surface area contributed by atoms with E-state index in [4.69, 9.17) is 9.72 Å². The normalized spacial score (nSPS) is 22.3. The summed E-state index contributed by atoms with van der Waals surface area (Å²) in [5, 5.41) is 3.48. The van der Waals surface area contributed by atoms with Crippen LogP contribution in [0.4, 0.5) is 0 Å². The Hall–Kier alpha value is -2.12. The van der Waals surface area contributed by atoms with Gasteiger partial charge in [0, 0.05) is 51.7 Å². The summed E-state index contributed by atoms with van der Waals surface area (Å²) >= 11 is 0. The van der Waals surface area contributed by atoms with Crippen LogP contribution in [0.25, 0.3) is 5.65 Å². The summed E-state index contributed by atoms with van der Waals surface area (Å²) < 4.78 is 7.54. The molecule has 1 N–H and O–H groups in total. The molecule has 0 amide bonds. The number of likely N-dealkylation sites (tertiary alicyclic amines) is 1. The topological polar surface area (TPSA) is 57.4 Å². The molecule has 0 aliphatic carbocycles. The van der Waals surface area contributed by atoms with Crippen molar-refractivity contribution in [2.75, 3.05) is 46.4 Å². The molecule has 0 saturated carbocycles. The monoisotopic (exact) mass is 356 g/mol. The molecule has 7 nitrogen and oxygen atoms in total. The van der Waals surface area contributed by atoms with Gasteiger partial charge in [-0.1, -0.05) is 0 Å². The van der Waals surface area contributed by atoms with Crippen LogP contribution in [-0.4, -0.2) is 77.6 Å². The number of nitrogens with zero attached hydrogens (tertiary/aromatic N) is 5. The summed E-state index contributed by atoms with van der Waals surface area (Å²) in [4.78, 5) is 14.1. The van der Waals surface area contributed by atoms with Crippen LogP contribution < -0.4 is 5.32 Å². The summed E-state index contributed by atoms with van der Waals surface area (Å²) in [6.07, 6.45) is 5.33. The second-order valence-electron chi connectivity index (χ2n) is 7.14. The Kier molecular flexibility index (Phi) is 5.08. The van der Waals surface area contributed by atoms with Gasteiger partial charge >= 0.3 is 0 Å². The fourth-order valence-corrected chi connectivity index (χ4v) is 3.90. The number of hydrogen-bond donors (Lipinski definition) is 1. The molecule has 2 fully saturated rings. The van der Waals surface area contributed by atoms with E-state index in [0.717, 1.165) is 56.7 Å². The first kappa shape index (κ1) is 17.3. The first-order valence-electron chi connectivity index (χ1n) is 9.44. The smallest absolute Gasteiger partial charge is 0.194 e. The number of ether oxygens (including phenoxy) is 1. The van der Waals surface area contributed by atoms with Gasteiger partial charge in [-0.2, -0.15) is 0 Å². The van der Waals surface area contributed by atoms with Crippen molar-refractivity contribution in [2.24, 2.45) is 4.99 Å². The highest BCUT2D eigenvalue weighted by molar-refractivity contribution is 5.80. The van der Waals surface area contributed by atoms with Crippen LogP contribution in [0.1, 0.15) is 17.7 Å². The lowest BCUT2D eigenvalue weighted by atomic mass is 10.2. The van der Waals surface area contributed by atoms with Gasteiger partial charge in [0.1, 0.15) is 5.65 Å². The van der Waals surface area contributed by atoms with Crippen molar-refractivity contribution in [2.45, 2.75) is 25.9 Å². The SMILES string of the molecule is CN=C(NCc1cn2ccc(C)cc2n1)N1CCC(N2CCOCC2)C1. The van der Waals surface area contributed by atoms with Gasteiger partial charge in [0.2, 0.25) is 0 Å². The van der Waals surface area contributed by atoms with Gasteiger partial charge in [0.25, 0.3) is 0 Å². The van der Waals surface area contributed by atoms with Crippen molar-refractivity contribution < 1.29 is 4.74 Å². The minimum Gasteiger partial charge on any atom is -0.379 e. The number of aromatic nitrogens is 2. The van der Waals surface area contributed by atoms with Crippen LogP contribution in [0.5, 0.6) is 0 Å². The zero-order valence-corrected chi connectivity index (χ0v) is 15.7. The third-order valence-corrected chi connectivity index (χ3v) is 5.33. The molecule has 0 radical (unpaired) electrons. The summed E-state index contributed by atoms with van der Waals surface area (Å²) in [7, 11) is 1.86. The van der Waals surface area contributed by atoms with E-state index >= 15 is 0 Å². The fraction of sp³-hybridized carbons (Fsp3) is 0.579. The van der Waals surface area contributed by atoms with Gasteiger partial charge in [0.05, 0.1) is 25.5 Å². The van der Waals surface area contributed by atoms with Crippen molar-refractivity contribution in [1.82, 2.24) is 24.5 Å². The number of pyridine rings is 1. The third-order valence-electron chi connectivity index (χ3n) is 5.33. The van der Waals surface area contributed by atoms with Gasteiger partial charge < -0.3 is 19.4 Å². The first-order chi connectivity index (χ1) is 12.7. The molecule has 2 aliphatic heterocycles. The summed E-state index contributed by atoms with van der Waals surface area (Å²) in [6, 6.07) is 4.81. The average molecular weight is 356 g/mol. The zero-order valence-electron chi connectivity index (χ0n) is 15.7. The lowest BCUT2D eigenvalue weighted by Gasteiger charge is -2.32. The highest BCUT2D eigenvalue weighted by atomic mass is 16.5. The molecule has 4 heterocycles. The molecule has 1 atom stereocenters. The quantitative estimate of drug-likeness (QED) is 0.660. The van der Waals surface area contributed by atoms with Crippen LogP contribution in [-0.2, 0) is 11.3 Å². The number of imidazole rings is 1. The molecule has 2 saturated heterocycles. The molecular formula is C19H28N6O. The first-order valence-corrected chi connectivity index (χ1v) is 9.44. The van der Waals surface area contributed by atoms with Crippen LogP contribution in [0, 0.1) is 6.92 Å². The van der Waals surface area contributed by atoms with E-state index in [1.807, 2.05) is 7.05 Å². The molecule has 0 aromatic carbocycles. The highest BCUT2D eigenvalue weighted by Gasteiger charge is 2.30. The summed E-state index contributed by atoms with van der Waals surface area (Å²) in [6.45, 7) is 8.67. The molecule has 2 aromatic rings. The molecule has 4 rings (SSSR count). The van der Waals surface area contributed by atoms with E-state index < -0.39 is 0 Å². The molecular weight excluding hydrogens is 328 g/mol. The van der Waals surface area contributed by atoms with Crippen LogP contribution >= 0.6 is 0 Å². The lowest BCUT2D eigenvalue weighted by molar-refractivity contribution is 0.0195. The molecule has 0 spiro atoms. The van der Waals surface area contributed by atoms with Crippen molar-refractivity contribution in [3.05, 3.63) is 35.8 Å². The summed E-state index contributed by atoms with van der Waals surface area (Å²) in [5.41, 5.74) is 3.25. The number of aliphatic imine (C=N–C) groups is 1. The molecule has 0 bridgehead atoms. The van der Waals surface area contributed by atoms with Gasteiger partial charge in [0.15, 0.2) is 5.96 Å². The number of fused-ring (bicyclic) bond motifs is 1. The number of nitrogens with one attached hydrogen (secondary N) is 1. The predicted octanol–water partition coefficient (Wildman–Crippen LogP) is 1.12. The van der Waals surface area contributed by atoms with Gasteiger partial charge in [-0.05, 0) is 31.0 Å². The van der Waals surface area contributed by atoms with Crippen LogP contribution in [0.2, 0.25) is 0 Å². The molecule has 7 heteroatoms. The van der Waals surface area contributed by atoms with Crippen LogP contribution in [0.3, 0.4) is 0 Å². The van der Waals surface area contributed by atoms with E-state index in [0.29, 0.717) is 12.6 Å². The maximum atomic E-state index is 5.47. The van der Waals surface area contributed by atoms with Crippen LogP contribution in [0.15, 0.2) is 29.5 Å². The van der Waals surface area contributed by atoms with Gasteiger partial charge in [-0.3, -0.25) is 9.89 Å². The Morgan fingerprint density at radius 3 is 3.00 bits per heavy atom. The summed E-state index contributed by atoms with van der Waals surface area (Å²) in [5.74, 6) is 0.967. The number of hydrogen-bond acceptors (Lipinski definition) is 4. The van der Waals surface area contributed by atoms with E-state index in [1.54, 1.807) is 0 Å². The van der Waals surface area contributed by atoms with Crippen molar-refractivity contribution in [3.8, 4) is 0 Å². The minimum atomic E-state index is 0.607. The fourth-order valence-electron chi connectivity index (χ4n) is 3.90.